The van der Waals surface area contributed by atoms with Gasteiger partial charge in [-0.2, -0.15) is 0 Å². The summed E-state index contributed by atoms with van der Waals surface area (Å²) in [6, 6.07) is 9.10. The molecule has 0 aliphatic carbocycles. The first-order valence-corrected chi connectivity index (χ1v) is 7.25. The summed E-state index contributed by atoms with van der Waals surface area (Å²) in [5.41, 5.74) is 1.61. The fourth-order valence-corrected chi connectivity index (χ4v) is 2.83. The molecule has 1 atom stereocenters. The number of hydrogen-bond donors (Lipinski definition) is 1. The Balaban J connectivity index is 2.31. The summed E-state index contributed by atoms with van der Waals surface area (Å²) < 4.78 is 27.3. The van der Waals surface area contributed by atoms with E-state index in [0.29, 0.717) is 16.5 Å². The van der Waals surface area contributed by atoms with E-state index >= 15 is 0 Å². The number of halogens is 4. The van der Waals surface area contributed by atoms with Crippen molar-refractivity contribution < 1.29 is 8.78 Å². The smallest absolute Gasteiger partial charge is 0.142 e. The summed E-state index contributed by atoms with van der Waals surface area (Å²) in [6.07, 6.45) is 0.570. The molecule has 2 aromatic rings. The third-order valence-corrected chi connectivity index (χ3v) is 4.28. The van der Waals surface area contributed by atoms with Crippen LogP contribution in [0.1, 0.15) is 17.2 Å². The highest BCUT2D eigenvalue weighted by atomic mass is 79.9. The molecule has 0 aromatic heterocycles. The highest BCUT2D eigenvalue weighted by molar-refractivity contribution is 9.10. The van der Waals surface area contributed by atoms with Gasteiger partial charge in [0.05, 0.1) is 5.02 Å². The van der Waals surface area contributed by atoms with Crippen molar-refractivity contribution in [2.24, 2.45) is 0 Å². The quantitative estimate of drug-likeness (QED) is 0.819. The van der Waals surface area contributed by atoms with Crippen molar-refractivity contribution in [1.29, 1.82) is 0 Å². The Morgan fingerprint density at radius 1 is 1.25 bits per heavy atom. The second-order valence-electron chi connectivity index (χ2n) is 4.42. The fraction of sp³-hybridized carbons (Fsp3) is 0.200. The standard InChI is InChI=1S/C15H13BrClF2N/c1-20-14(11-3-2-4-13(19)15(11)17)7-9-5-6-10(18)8-12(9)16/h2-6,8,14,20H,7H2,1H3. The second kappa shape index (κ2) is 6.66. The lowest BCUT2D eigenvalue weighted by Gasteiger charge is -2.19. The molecule has 0 fully saturated rings. The molecule has 0 aliphatic heterocycles. The van der Waals surface area contributed by atoms with E-state index in [-0.39, 0.29) is 16.9 Å². The van der Waals surface area contributed by atoms with Gasteiger partial charge in [-0.15, -0.1) is 0 Å². The summed E-state index contributed by atoms with van der Waals surface area (Å²) in [5.74, 6) is -0.743. The van der Waals surface area contributed by atoms with Crippen molar-refractivity contribution in [2.75, 3.05) is 7.05 Å². The molecule has 0 amide bonds. The lowest BCUT2D eigenvalue weighted by molar-refractivity contribution is 0.575. The maximum absolute atomic E-state index is 13.5. The first-order valence-electron chi connectivity index (χ1n) is 6.08. The first kappa shape index (κ1) is 15.4. The van der Waals surface area contributed by atoms with E-state index in [1.165, 1.54) is 18.2 Å². The minimum Gasteiger partial charge on any atom is -0.313 e. The SMILES string of the molecule is CNC(Cc1ccc(F)cc1Br)c1cccc(F)c1Cl. The van der Waals surface area contributed by atoms with Gasteiger partial charge in [-0.05, 0) is 42.8 Å². The summed E-state index contributed by atoms with van der Waals surface area (Å²) in [4.78, 5) is 0. The lowest BCUT2D eigenvalue weighted by atomic mass is 9.99. The average molecular weight is 361 g/mol. The van der Waals surface area contributed by atoms with Gasteiger partial charge in [-0.3, -0.25) is 0 Å². The number of benzene rings is 2. The Morgan fingerprint density at radius 3 is 2.65 bits per heavy atom. The number of nitrogens with one attached hydrogen (secondary N) is 1. The molecule has 1 N–H and O–H groups in total. The summed E-state index contributed by atoms with van der Waals surface area (Å²) in [5, 5.41) is 3.23. The van der Waals surface area contributed by atoms with Crippen LogP contribution in [0.2, 0.25) is 5.02 Å². The number of likely N-dealkylation sites (N-methyl/N-ethyl adjacent to an activating group) is 1. The van der Waals surface area contributed by atoms with Crippen molar-refractivity contribution in [3.8, 4) is 0 Å². The molecule has 0 spiro atoms. The van der Waals surface area contributed by atoms with Crippen LogP contribution < -0.4 is 5.32 Å². The Hall–Kier alpha value is -0.970. The summed E-state index contributed by atoms with van der Waals surface area (Å²) in [7, 11) is 1.78. The normalized spacial score (nSPS) is 12.4. The van der Waals surface area contributed by atoms with E-state index < -0.39 is 5.82 Å². The van der Waals surface area contributed by atoms with Gasteiger partial charge in [-0.1, -0.05) is 45.7 Å². The van der Waals surface area contributed by atoms with Crippen molar-refractivity contribution in [2.45, 2.75) is 12.5 Å². The molecule has 0 saturated heterocycles. The van der Waals surface area contributed by atoms with Crippen molar-refractivity contribution in [3.05, 3.63) is 68.7 Å². The van der Waals surface area contributed by atoms with E-state index in [9.17, 15) is 8.78 Å². The molecule has 20 heavy (non-hydrogen) atoms. The predicted octanol–water partition coefficient (Wildman–Crippen LogP) is 4.88. The zero-order valence-corrected chi connectivity index (χ0v) is 13.1. The molecule has 0 aliphatic rings. The van der Waals surface area contributed by atoms with Crippen molar-refractivity contribution >= 4 is 27.5 Å². The van der Waals surface area contributed by atoms with Crippen LogP contribution in [-0.2, 0) is 6.42 Å². The van der Waals surface area contributed by atoms with Crippen LogP contribution in [0, 0.1) is 11.6 Å². The van der Waals surface area contributed by atoms with Gasteiger partial charge >= 0.3 is 0 Å². The molecule has 1 unspecified atom stereocenters. The molecular weight excluding hydrogens is 348 g/mol. The van der Waals surface area contributed by atoms with Gasteiger partial charge in [0.2, 0.25) is 0 Å². The van der Waals surface area contributed by atoms with E-state index in [0.717, 1.165) is 5.56 Å². The van der Waals surface area contributed by atoms with Gasteiger partial charge in [-0.25, -0.2) is 8.78 Å². The van der Waals surface area contributed by atoms with Gasteiger partial charge < -0.3 is 5.32 Å². The minimum absolute atomic E-state index is 0.116. The zero-order valence-electron chi connectivity index (χ0n) is 10.8. The Morgan fingerprint density at radius 2 is 2.00 bits per heavy atom. The highest BCUT2D eigenvalue weighted by Crippen LogP contribution is 2.30. The van der Waals surface area contributed by atoms with Crippen molar-refractivity contribution in [1.82, 2.24) is 5.32 Å². The van der Waals surface area contributed by atoms with Gasteiger partial charge in [0.15, 0.2) is 0 Å². The molecule has 0 bridgehead atoms. The topological polar surface area (TPSA) is 12.0 Å². The van der Waals surface area contributed by atoms with Gasteiger partial charge in [0, 0.05) is 10.5 Å². The summed E-state index contributed by atoms with van der Waals surface area (Å²) in [6.45, 7) is 0. The largest absolute Gasteiger partial charge is 0.313 e. The predicted molar refractivity (Wildman–Crippen MR) is 81.0 cm³/mol. The lowest BCUT2D eigenvalue weighted by Crippen LogP contribution is -2.19. The molecule has 1 nitrogen and oxygen atoms in total. The zero-order chi connectivity index (χ0) is 14.7. The molecule has 0 saturated carbocycles. The molecule has 2 rings (SSSR count). The van der Waals surface area contributed by atoms with E-state index in [1.807, 2.05) is 0 Å². The van der Waals surface area contributed by atoms with Crippen molar-refractivity contribution in [3.63, 3.8) is 0 Å². The monoisotopic (exact) mass is 359 g/mol. The highest BCUT2D eigenvalue weighted by Gasteiger charge is 2.17. The van der Waals surface area contributed by atoms with E-state index in [4.69, 9.17) is 11.6 Å². The number of rotatable bonds is 4. The van der Waals surface area contributed by atoms with Gasteiger partial charge in [0.1, 0.15) is 11.6 Å². The average Bonchev–Trinajstić information content (AvgIpc) is 2.42. The molecule has 2 aromatic carbocycles. The maximum Gasteiger partial charge on any atom is 0.142 e. The van der Waals surface area contributed by atoms with Crippen LogP contribution in [0.3, 0.4) is 0 Å². The molecule has 5 heteroatoms. The third-order valence-electron chi connectivity index (χ3n) is 3.14. The fourth-order valence-electron chi connectivity index (χ4n) is 2.06. The van der Waals surface area contributed by atoms with Gasteiger partial charge in [0.25, 0.3) is 0 Å². The second-order valence-corrected chi connectivity index (χ2v) is 5.66. The molecule has 0 heterocycles. The van der Waals surface area contributed by atoms with Crippen LogP contribution in [0.5, 0.6) is 0 Å². The van der Waals surface area contributed by atoms with Crippen LogP contribution in [0.25, 0.3) is 0 Å². The van der Waals surface area contributed by atoms with E-state index in [2.05, 4.69) is 21.2 Å². The Kier molecular flexibility index (Phi) is 5.13. The molecule has 106 valence electrons. The third kappa shape index (κ3) is 3.37. The van der Waals surface area contributed by atoms with Crippen LogP contribution in [0.4, 0.5) is 8.78 Å². The first-order chi connectivity index (χ1) is 9.52. The molecule has 0 radical (unpaired) electrons. The Labute approximate surface area is 130 Å². The molecular formula is C15H13BrClF2N. The summed E-state index contributed by atoms with van der Waals surface area (Å²) >= 11 is 9.35. The number of hydrogen-bond acceptors (Lipinski definition) is 1. The van der Waals surface area contributed by atoms with Crippen LogP contribution >= 0.6 is 27.5 Å². The Bertz CT molecular complexity index is 619. The minimum atomic E-state index is -0.442. The van der Waals surface area contributed by atoms with E-state index in [1.54, 1.807) is 25.2 Å². The van der Waals surface area contributed by atoms with Crippen LogP contribution in [-0.4, -0.2) is 7.05 Å². The van der Waals surface area contributed by atoms with Crippen LogP contribution in [0.15, 0.2) is 40.9 Å². The maximum atomic E-state index is 13.5.